The average molecular weight is 419 g/mol. The number of hydrogen-bond donors (Lipinski definition) is 1. The number of hydrogen-bond acceptors (Lipinski definition) is 7. The maximum Gasteiger partial charge on any atom is 0.316 e. The zero-order chi connectivity index (χ0) is 21.5. The number of nitrogens with two attached hydrogens (primary N) is 1. The summed E-state index contributed by atoms with van der Waals surface area (Å²) < 4.78 is 18.1. The van der Waals surface area contributed by atoms with Crippen LogP contribution in [0.4, 0.5) is 0 Å². The normalized spacial score (nSPS) is 20.4. The summed E-state index contributed by atoms with van der Waals surface area (Å²) in [7, 11) is 0. The molecule has 0 saturated carbocycles. The molecule has 0 amide bonds. The number of benzene rings is 1. The van der Waals surface area contributed by atoms with E-state index in [1.165, 1.54) is 0 Å². The van der Waals surface area contributed by atoms with Crippen molar-refractivity contribution in [2.75, 3.05) is 6.79 Å². The SMILES string of the molecule is CC[C@@]1(C)C(=O)OCc2c1cc1n(c2=O)Cc2c-1nc1cc3c(cc1c2CN)OCO3. The minimum atomic E-state index is -0.857. The molecule has 0 unspecified atom stereocenters. The summed E-state index contributed by atoms with van der Waals surface area (Å²) in [6.45, 7) is 4.63. The van der Waals surface area contributed by atoms with Gasteiger partial charge in [-0.15, -0.1) is 0 Å². The average Bonchev–Trinajstić information content (AvgIpc) is 3.38. The summed E-state index contributed by atoms with van der Waals surface area (Å²) in [4.78, 5) is 30.9. The van der Waals surface area contributed by atoms with Crippen LogP contribution in [-0.4, -0.2) is 22.3 Å². The van der Waals surface area contributed by atoms with Crippen LogP contribution in [0.1, 0.15) is 42.5 Å². The quantitative estimate of drug-likeness (QED) is 0.497. The molecular formula is C23H21N3O5. The molecule has 8 nitrogen and oxygen atoms in total. The first kappa shape index (κ1) is 18.4. The summed E-state index contributed by atoms with van der Waals surface area (Å²) in [6.07, 6.45) is 0.539. The Labute approximate surface area is 177 Å². The summed E-state index contributed by atoms with van der Waals surface area (Å²) in [5.41, 5.74) is 10.5. The third kappa shape index (κ3) is 2.25. The van der Waals surface area contributed by atoms with Gasteiger partial charge >= 0.3 is 5.97 Å². The molecule has 0 fully saturated rings. The van der Waals surface area contributed by atoms with Gasteiger partial charge in [0.1, 0.15) is 6.61 Å². The first-order valence-corrected chi connectivity index (χ1v) is 10.4. The Morgan fingerprint density at radius 2 is 1.90 bits per heavy atom. The van der Waals surface area contributed by atoms with Crippen LogP contribution in [0.5, 0.6) is 11.5 Å². The van der Waals surface area contributed by atoms with Crippen LogP contribution in [0, 0.1) is 0 Å². The van der Waals surface area contributed by atoms with E-state index in [-0.39, 0.29) is 24.9 Å². The summed E-state index contributed by atoms with van der Waals surface area (Å²) in [5, 5.41) is 0.896. The van der Waals surface area contributed by atoms with Crippen LogP contribution in [0.3, 0.4) is 0 Å². The number of carbonyl (C=O) groups excluding carboxylic acids is 1. The van der Waals surface area contributed by atoms with E-state index in [4.69, 9.17) is 24.9 Å². The van der Waals surface area contributed by atoms with Crippen molar-refractivity contribution in [1.82, 2.24) is 9.55 Å². The second-order valence-corrected chi connectivity index (χ2v) is 8.42. The topological polar surface area (TPSA) is 106 Å². The van der Waals surface area contributed by atoms with Gasteiger partial charge in [0, 0.05) is 23.6 Å². The van der Waals surface area contributed by atoms with Crippen LogP contribution in [0.2, 0.25) is 0 Å². The highest BCUT2D eigenvalue weighted by atomic mass is 16.7. The van der Waals surface area contributed by atoms with Gasteiger partial charge in [-0.3, -0.25) is 9.59 Å². The lowest BCUT2D eigenvalue weighted by atomic mass is 9.76. The highest BCUT2D eigenvalue weighted by molar-refractivity contribution is 5.91. The molecule has 1 aromatic carbocycles. The van der Waals surface area contributed by atoms with Gasteiger partial charge in [0.15, 0.2) is 11.5 Å². The van der Waals surface area contributed by atoms with Gasteiger partial charge in [-0.2, -0.15) is 0 Å². The van der Waals surface area contributed by atoms with Crippen LogP contribution >= 0.6 is 0 Å². The van der Waals surface area contributed by atoms with Crippen LogP contribution in [0.15, 0.2) is 23.0 Å². The maximum absolute atomic E-state index is 13.4. The van der Waals surface area contributed by atoms with E-state index in [0.29, 0.717) is 42.3 Å². The van der Waals surface area contributed by atoms with Gasteiger partial charge in [0.2, 0.25) is 6.79 Å². The van der Waals surface area contributed by atoms with E-state index in [2.05, 4.69) is 0 Å². The first-order valence-electron chi connectivity index (χ1n) is 10.4. The molecule has 31 heavy (non-hydrogen) atoms. The van der Waals surface area contributed by atoms with Crippen LogP contribution in [0.25, 0.3) is 22.3 Å². The lowest BCUT2D eigenvalue weighted by Gasteiger charge is -2.33. The molecule has 2 N–H and O–H groups in total. The third-order valence-corrected chi connectivity index (χ3v) is 6.96. The molecule has 3 aliphatic rings. The van der Waals surface area contributed by atoms with E-state index in [1.54, 1.807) is 4.57 Å². The van der Waals surface area contributed by atoms with E-state index < -0.39 is 5.41 Å². The number of aromatic nitrogens is 2. The second kappa shape index (κ2) is 6.07. The lowest BCUT2D eigenvalue weighted by Crippen LogP contribution is -2.42. The molecule has 8 heteroatoms. The number of pyridine rings is 2. The first-order chi connectivity index (χ1) is 15.0. The fraction of sp³-hybridized carbons (Fsp3) is 0.348. The number of nitrogens with zero attached hydrogens (tertiary/aromatic N) is 2. The van der Waals surface area contributed by atoms with Gasteiger partial charge in [0.05, 0.1) is 34.4 Å². The highest BCUT2D eigenvalue weighted by Gasteiger charge is 2.43. The number of rotatable bonds is 2. The molecule has 158 valence electrons. The minimum absolute atomic E-state index is 0.000235. The largest absolute Gasteiger partial charge is 0.460 e. The smallest absolute Gasteiger partial charge is 0.316 e. The monoisotopic (exact) mass is 419 g/mol. The van der Waals surface area contributed by atoms with E-state index in [9.17, 15) is 9.59 Å². The zero-order valence-corrected chi connectivity index (χ0v) is 17.3. The minimum Gasteiger partial charge on any atom is -0.460 e. The van der Waals surface area contributed by atoms with Crippen molar-refractivity contribution in [2.45, 2.75) is 45.4 Å². The number of cyclic esters (lactones) is 1. The Hall–Kier alpha value is -3.39. The summed E-state index contributed by atoms with van der Waals surface area (Å²) in [6, 6.07) is 5.70. The molecule has 0 spiro atoms. The molecular weight excluding hydrogens is 398 g/mol. The van der Waals surface area contributed by atoms with Crippen LogP contribution < -0.4 is 20.8 Å². The molecule has 6 rings (SSSR count). The number of esters is 1. The van der Waals surface area contributed by atoms with Gasteiger partial charge in [-0.05, 0) is 36.6 Å². The van der Waals surface area contributed by atoms with Crippen molar-refractivity contribution < 1.29 is 19.0 Å². The Bertz CT molecular complexity index is 1380. The van der Waals surface area contributed by atoms with Crippen molar-refractivity contribution >= 4 is 16.9 Å². The third-order valence-electron chi connectivity index (χ3n) is 6.96. The zero-order valence-electron chi connectivity index (χ0n) is 17.3. The van der Waals surface area contributed by atoms with E-state index in [0.717, 1.165) is 33.3 Å². The number of carbonyl (C=O) groups is 1. The number of ether oxygens (including phenoxy) is 3. The molecule has 5 heterocycles. The second-order valence-electron chi connectivity index (χ2n) is 8.42. The molecule has 0 aliphatic carbocycles. The van der Waals surface area contributed by atoms with Crippen molar-refractivity contribution in [3.8, 4) is 22.9 Å². The van der Waals surface area contributed by atoms with Gasteiger partial charge < -0.3 is 24.5 Å². The highest BCUT2D eigenvalue weighted by Crippen LogP contribution is 2.43. The Kier molecular flexibility index (Phi) is 3.60. The molecule has 3 aliphatic heterocycles. The van der Waals surface area contributed by atoms with Crippen molar-refractivity contribution in [3.05, 3.63) is 50.8 Å². The summed E-state index contributed by atoms with van der Waals surface area (Å²) >= 11 is 0. The molecule has 3 aromatic rings. The lowest BCUT2D eigenvalue weighted by molar-refractivity contribution is -0.153. The van der Waals surface area contributed by atoms with Crippen molar-refractivity contribution in [1.29, 1.82) is 0 Å². The predicted octanol–water partition coefficient (Wildman–Crippen LogP) is 2.34. The molecule has 2 aromatic heterocycles. The fourth-order valence-electron chi connectivity index (χ4n) is 4.95. The Balaban J connectivity index is 1.65. The summed E-state index contributed by atoms with van der Waals surface area (Å²) in [5.74, 6) is 1.01. The Morgan fingerprint density at radius 1 is 1.13 bits per heavy atom. The predicted molar refractivity (Wildman–Crippen MR) is 112 cm³/mol. The number of fused-ring (bicyclic) bond motifs is 6. The van der Waals surface area contributed by atoms with E-state index in [1.807, 2.05) is 32.0 Å². The van der Waals surface area contributed by atoms with Crippen molar-refractivity contribution in [2.24, 2.45) is 5.73 Å². The van der Waals surface area contributed by atoms with Gasteiger partial charge in [-0.25, -0.2) is 4.98 Å². The molecule has 0 saturated heterocycles. The molecule has 1 atom stereocenters. The Morgan fingerprint density at radius 3 is 2.65 bits per heavy atom. The van der Waals surface area contributed by atoms with Crippen molar-refractivity contribution in [3.63, 3.8) is 0 Å². The van der Waals surface area contributed by atoms with Gasteiger partial charge in [-0.1, -0.05) is 6.92 Å². The van der Waals surface area contributed by atoms with Crippen LogP contribution in [-0.2, 0) is 34.6 Å². The standard InChI is InChI=1S/C23H21N3O5/c1-3-23(2)15-5-17-20-13(8-26(17)21(27)14(15)9-29-22(23)28)12(7-24)11-4-18-19(31-10-30-18)6-16(11)25-20/h4-6H,3,7-10,24H2,1-2H3/t23-/m1/s1. The van der Waals surface area contributed by atoms with E-state index >= 15 is 0 Å². The molecule has 0 bridgehead atoms. The fourth-order valence-corrected chi connectivity index (χ4v) is 4.95. The maximum atomic E-state index is 13.4. The van der Waals surface area contributed by atoms with Gasteiger partial charge in [0.25, 0.3) is 5.56 Å². The molecule has 0 radical (unpaired) electrons.